The van der Waals surface area contributed by atoms with E-state index in [4.69, 9.17) is 21.7 Å². The predicted octanol–water partition coefficient (Wildman–Crippen LogP) is 2.33. The summed E-state index contributed by atoms with van der Waals surface area (Å²) in [6.45, 7) is 6.92. The second-order valence-corrected chi connectivity index (χ2v) is 7.17. The highest BCUT2D eigenvalue weighted by atomic mass is 32.1. The van der Waals surface area contributed by atoms with Crippen LogP contribution in [0.1, 0.15) is 25.3 Å². The van der Waals surface area contributed by atoms with Gasteiger partial charge in [-0.15, -0.1) is 0 Å². The van der Waals surface area contributed by atoms with Crippen molar-refractivity contribution in [2.24, 2.45) is 5.92 Å². The van der Waals surface area contributed by atoms with Gasteiger partial charge in [0.1, 0.15) is 10.7 Å². The quantitative estimate of drug-likeness (QED) is 0.769. The van der Waals surface area contributed by atoms with E-state index in [1.54, 1.807) is 4.90 Å². The van der Waals surface area contributed by atoms with Gasteiger partial charge in [0.2, 0.25) is 0 Å². The predicted molar refractivity (Wildman–Crippen MR) is 101 cm³/mol. The first-order valence-electron chi connectivity index (χ1n) is 9.01. The van der Waals surface area contributed by atoms with Crippen LogP contribution in [0.3, 0.4) is 0 Å². The van der Waals surface area contributed by atoms with Gasteiger partial charge in [-0.2, -0.15) is 0 Å². The summed E-state index contributed by atoms with van der Waals surface area (Å²) in [6, 6.07) is 7.74. The maximum atomic E-state index is 12.1. The van der Waals surface area contributed by atoms with Gasteiger partial charge < -0.3 is 19.3 Å². The van der Waals surface area contributed by atoms with Crippen LogP contribution in [0.5, 0.6) is 5.75 Å². The van der Waals surface area contributed by atoms with Crippen molar-refractivity contribution >= 4 is 23.1 Å². The maximum absolute atomic E-state index is 12.1. The van der Waals surface area contributed by atoms with Crippen molar-refractivity contribution in [1.29, 1.82) is 0 Å². The Morgan fingerprint density at radius 3 is 2.40 bits per heavy atom. The molecule has 0 aromatic heterocycles. The van der Waals surface area contributed by atoms with Gasteiger partial charge in [0.25, 0.3) is 5.91 Å². The van der Waals surface area contributed by atoms with Gasteiger partial charge in [0.05, 0.1) is 13.2 Å². The topological polar surface area (TPSA) is 42.0 Å². The summed E-state index contributed by atoms with van der Waals surface area (Å²) >= 11 is 5.63. The number of carbonyl (C=O) groups excluding carboxylic acids is 1. The molecule has 0 N–H and O–H groups in total. The molecular weight excluding hydrogens is 336 g/mol. The normalized spacial score (nSPS) is 18.9. The SMILES string of the molecule is CC1CCN(C(=S)c2ccc(OCC(=O)N3CCOCC3)cc2)CC1. The molecule has 0 bridgehead atoms. The fourth-order valence-corrected chi connectivity index (χ4v) is 3.46. The third-order valence-electron chi connectivity index (χ3n) is 4.90. The molecule has 3 rings (SSSR count). The van der Waals surface area contributed by atoms with E-state index in [0.29, 0.717) is 32.1 Å². The molecule has 5 nitrogen and oxygen atoms in total. The molecule has 2 aliphatic rings. The molecule has 0 spiro atoms. The van der Waals surface area contributed by atoms with Crippen molar-refractivity contribution in [2.45, 2.75) is 19.8 Å². The number of nitrogens with zero attached hydrogens (tertiary/aromatic N) is 2. The average Bonchev–Trinajstić information content (AvgIpc) is 2.67. The Kier molecular flexibility index (Phi) is 6.26. The Morgan fingerprint density at radius 2 is 1.76 bits per heavy atom. The number of morpholine rings is 1. The lowest BCUT2D eigenvalue weighted by molar-refractivity contribution is -0.137. The van der Waals surface area contributed by atoms with E-state index in [1.165, 1.54) is 12.8 Å². The van der Waals surface area contributed by atoms with Crippen molar-refractivity contribution in [3.05, 3.63) is 29.8 Å². The van der Waals surface area contributed by atoms with E-state index in [-0.39, 0.29) is 12.5 Å². The Morgan fingerprint density at radius 1 is 1.12 bits per heavy atom. The number of amides is 1. The Labute approximate surface area is 154 Å². The summed E-state index contributed by atoms with van der Waals surface area (Å²) in [5.41, 5.74) is 1.04. The largest absolute Gasteiger partial charge is 0.484 e. The number of piperidine rings is 1. The zero-order valence-corrected chi connectivity index (χ0v) is 15.6. The monoisotopic (exact) mass is 362 g/mol. The van der Waals surface area contributed by atoms with E-state index in [2.05, 4.69) is 11.8 Å². The molecule has 2 saturated heterocycles. The molecule has 0 saturated carbocycles. The van der Waals surface area contributed by atoms with Crippen LogP contribution >= 0.6 is 12.2 Å². The lowest BCUT2D eigenvalue weighted by Crippen LogP contribution is -2.42. The highest BCUT2D eigenvalue weighted by molar-refractivity contribution is 7.80. The van der Waals surface area contributed by atoms with Crippen molar-refractivity contribution in [2.75, 3.05) is 46.0 Å². The van der Waals surface area contributed by atoms with Crippen LogP contribution in [-0.4, -0.2) is 66.7 Å². The van der Waals surface area contributed by atoms with Gasteiger partial charge in [-0.05, 0) is 43.0 Å². The first-order chi connectivity index (χ1) is 12.1. The van der Waals surface area contributed by atoms with Crippen LogP contribution in [0.2, 0.25) is 0 Å². The number of hydrogen-bond donors (Lipinski definition) is 0. The van der Waals surface area contributed by atoms with Crippen molar-refractivity contribution in [3.63, 3.8) is 0 Å². The molecule has 25 heavy (non-hydrogen) atoms. The number of benzene rings is 1. The lowest BCUT2D eigenvalue weighted by Gasteiger charge is -2.32. The van der Waals surface area contributed by atoms with E-state index < -0.39 is 0 Å². The molecule has 2 heterocycles. The number of likely N-dealkylation sites (tertiary alicyclic amines) is 1. The van der Waals surface area contributed by atoms with Crippen LogP contribution in [0, 0.1) is 5.92 Å². The number of rotatable bonds is 4. The summed E-state index contributed by atoms with van der Waals surface area (Å²) < 4.78 is 10.9. The number of ether oxygens (including phenoxy) is 2. The van der Waals surface area contributed by atoms with Crippen molar-refractivity contribution in [3.8, 4) is 5.75 Å². The first-order valence-corrected chi connectivity index (χ1v) is 9.42. The molecular formula is C19H26N2O3S. The first kappa shape index (κ1) is 18.1. The lowest BCUT2D eigenvalue weighted by atomic mass is 9.99. The van der Waals surface area contributed by atoms with Gasteiger partial charge in [0, 0.05) is 31.7 Å². The molecule has 6 heteroatoms. The molecule has 136 valence electrons. The van der Waals surface area contributed by atoms with Crippen LogP contribution in [0.15, 0.2) is 24.3 Å². The van der Waals surface area contributed by atoms with Gasteiger partial charge in [-0.3, -0.25) is 4.79 Å². The molecule has 0 unspecified atom stereocenters. The number of hydrogen-bond acceptors (Lipinski definition) is 4. The minimum atomic E-state index is 0.00494. The van der Waals surface area contributed by atoms with E-state index in [9.17, 15) is 4.79 Å². The summed E-state index contributed by atoms with van der Waals surface area (Å²) in [4.78, 5) is 17.1. The van der Waals surface area contributed by atoms with Gasteiger partial charge in [-0.1, -0.05) is 19.1 Å². The second kappa shape index (κ2) is 8.63. The number of carbonyl (C=O) groups is 1. The number of thiocarbonyl (C=S) groups is 1. The summed E-state index contributed by atoms with van der Waals surface area (Å²) in [6.07, 6.45) is 2.40. The molecule has 0 atom stereocenters. The molecule has 0 aliphatic carbocycles. The Bertz CT molecular complexity index is 591. The Hall–Kier alpha value is -1.66. The van der Waals surface area contributed by atoms with Crippen molar-refractivity contribution < 1.29 is 14.3 Å². The van der Waals surface area contributed by atoms with Crippen molar-refractivity contribution in [1.82, 2.24) is 9.80 Å². The zero-order valence-electron chi connectivity index (χ0n) is 14.8. The summed E-state index contributed by atoms with van der Waals surface area (Å²) in [5, 5.41) is 0. The van der Waals surface area contributed by atoms with E-state index >= 15 is 0 Å². The standard InChI is InChI=1S/C19H26N2O3S/c1-15-6-8-21(9-7-15)19(25)16-2-4-17(5-3-16)24-14-18(22)20-10-12-23-13-11-20/h2-5,15H,6-14H2,1H3. The molecule has 0 radical (unpaired) electrons. The minimum Gasteiger partial charge on any atom is -0.484 e. The van der Waals surface area contributed by atoms with E-state index in [0.717, 1.165) is 29.6 Å². The van der Waals surface area contributed by atoms with Crippen LogP contribution in [0.4, 0.5) is 0 Å². The summed E-state index contributed by atoms with van der Waals surface area (Å²) in [7, 11) is 0. The van der Waals surface area contributed by atoms with Crippen LogP contribution in [0.25, 0.3) is 0 Å². The fourth-order valence-electron chi connectivity index (χ4n) is 3.14. The molecule has 1 aromatic carbocycles. The molecule has 1 aromatic rings. The summed E-state index contributed by atoms with van der Waals surface area (Å²) in [5.74, 6) is 1.49. The third-order valence-corrected chi connectivity index (χ3v) is 5.39. The molecule has 2 aliphatic heterocycles. The Balaban J connectivity index is 1.50. The highest BCUT2D eigenvalue weighted by Gasteiger charge is 2.19. The molecule has 2 fully saturated rings. The second-order valence-electron chi connectivity index (χ2n) is 6.78. The van der Waals surface area contributed by atoms with E-state index in [1.807, 2.05) is 24.3 Å². The van der Waals surface area contributed by atoms with Crippen LogP contribution in [-0.2, 0) is 9.53 Å². The van der Waals surface area contributed by atoms with Crippen LogP contribution < -0.4 is 4.74 Å². The third kappa shape index (κ3) is 4.92. The maximum Gasteiger partial charge on any atom is 0.260 e. The highest BCUT2D eigenvalue weighted by Crippen LogP contribution is 2.20. The van der Waals surface area contributed by atoms with Gasteiger partial charge in [-0.25, -0.2) is 0 Å². The van der Waals surface area contributed by atoms with Gasteiger partial charge >= 0.3 is 0 Å². The molecule has 1 amide bonds. The minimum absolute atomic E-state index is 0.00494. The fraction of sp³-hybridized carbons (Fsp3) is 0.579. The smallest absolute Gasteiger partial charge is 0.260 e. The average molecular weight is 362 g/mol. The zero-order chi connectivity index (χ0) is 17.6. The van der Waals surface area contributed by atoms with Gasteiger partial charge in [0.15, 0.2) is 6.61 Å².